The topological polar surface area (TPSA) is 90.7 Å². The number of benzene rings is 1. The molecule has 4 rings (SSSR count). The molecule has 1 aliphatic carbocycles. The zero-order valence-corrected chi connectivity index (χ0v) is 12.7. The van der Waals surface area contributed by atoms with Crippen LogP contribution in [0.2, 0.25) is 0 Å². The number of hydrogen-bond acceptors (Lipinski definition) is 6. The third-order valence-electron chi connectivity index (χ3n) is 4.10. The number of nitrogens with two attached hydrogens (primary N) is 1. The summed E-state index contributed by atoms with van der Waals surface area (Å²) in [5.41, 5.74) is 8.28. The van der Waals surface area contributed by atoms with Crippen LogP contribution in [0, 0.1) is 0 Å². The molecule has 0 radical (unpaired) electrons. The van der Waals surface area contributed by atoms with Gasteiger partial charge in [-0.15, -0.1) is 12.4 Å². The molecule has 0 saturated heterocycles. The highest BCUT2D eigenvalue weighted by Gasteiger charge is 2.36. The standard InChI is InChI=1S/C15H15N5O.ClH/c16-15(6-1-2-7-15)14-19-13(21-20-14)10-4-3-5-11-12(10)18-9-8-17-11;/h3-5,8-9H,1-2,6-7,16H2;1H. The second kappa shape index (κ2) is 5.62. The SMILES string of the molecule is Cl.NC1(c2noc(-c3cccc4nccnc34)n2)CCCC1. The Morgan fingerprint density at radius 3 is 2.68 bits per heavy atom. The number of nitrogens with zero attached hydrogens (tertiary/aromatic N) is 4. The Hall–Kier alpha value is -2.05. The molecule has 0 aliphatic heterocycles. The van der Waals surface area contributed by atoms with Crippen LogP contribution in [0.25, 0.3) is 22.5 Å². The molecule has 2 N–H and O–H groups in total. The number of rotatable bonds is 2. The lowest BCUT2D eigenvalue weighted by molar-refractivity contribution is 0.373. The van der Waals surface area contributed by atoms with Crippen molar-refractivity contribution >= 4 is 23.4 Å². The van der Waals surface area contributed by atoms with Gasteiger partial charge in [0.25, 0.3) is 5.89 Å². The molecule has 114 valence electrons. The Morgan fingerprint density at radius 1 is 1.09 bits per heavy atom. The molecule has 1 saturated carbocycles. The van der Waals surface area contributed by atoms with Crippen molar-refractivity contribution in [2.75, 3.05) is 0 Å². The van der Waals surface area contributed by atoms with E-state index in [-0.39, 0.29) is 12.4 Å². The van der Waals surface area contributed by atoms with Crippen LogP contribution in [0.15, 0.2) is 35.1 Å². The number of fused-ring (bicyclic) bond motifs is 1. The van der Waals surface area contributed by atoms with Gasteiger partial charge >= 0.3 is 0 Å². The van der Waals surface area contributed by atoms with Crippen molar-refractivity contribution in [3.63, 3.8) is 0 Å². The second-order valence-corrected chi connectivity index (χ2v) is 5.52. The van der Waals surface area contributed by atoms with Crippen molar-refractivity contribution in [2.45, 2.75) is 31.2 Å². The normalized spacial score (nSPS) is 16.6. The molecule has 22 heavy (non-hydrogen) atoms. The summed E-state index contributed by atoms with van der Waals surface area (Å²) >= 11 is 0. The number of hydrogen-bond donors (Lipinski definition) is 1. The van der Waals surface area contributed by atoms with E-state index in [9.17, 15) is 0 Å². The maximum atomic E-state index is 6.37. The quantitative estimate of drug-likeness (QED) is 0.781. The smallest absolute Gasteiger partial charge is 0.260 e. The molecular formula is C15H16ClN5O. The summed E-state index contributed by atoms with van der Waals surface area (Å²) in [6.45, 7) is 0. The summed E-state index contributed by atoms with van der Waals surface area (Å²) in [5.74, 6) is 1.05. The third kappa shape index (κ3) is 2.34. The van der Waals surface area contributed by atoms with Crippen molar-refractivity contribution in [2.24, 2.45) is 5.73 Å². The fourth-order valence-electron chi connectivity index (χ4n) is 2.93. The minimum atomic E-state index is -0.446. The number of halogens is 1. The predicted octanol–water partition coefficient (Wildman–Crippen LogP) is 2.83. The molecule has 1 aliphatic rings. The van der Waals surface area contributed by atoms with Gasteiger partial charge in [0.15, 0.2) is 5.82 Å². The van der Waals surface area contributed by atoms with Crippen LogP contribution < -0.4 is 5.73 Å². The highest BCUT2D eigenvalue weighted by Crippen LogP contribution is 2.35. The van der Waals surface area contributed by atoms with Gasteiger partial charge in [-0.1, -0.05) is 24.1 Å². The van der Waals surface area contributed by atoms with Crippen LogP contribution in [-0.4, -0.2) is 20.1 Å². The van der Waals surface area contributed by atoms with E-state index in [1.54, 1.807) is 12.4 Å². The lowest BCUT2D eigenvalue weighted by Crippen LogP contribution is -2.34. The lowest BCUT2D eigenvalue weighted by Gasteiger charge is -2.17. The van der Waals surface area contributed by atoms with Crippen molar-refractivity contribution in [1.29, 1.82) is 0 Å². The van der Waals surface area contributed by atoms with E-state index in [0.717, 1.165) is 42.3 Å². The van der Waals surface area contributed by atoms with Crippen molar-refractivity contribution in [3.05, 3.63) is 36.4 Å². The van der Waals surface area contributed by atoms with Gasteiger partial charge in [0, 0.05) is 12.4 Å². The average molecular weight is 318 g/mol. The van der Waals surface area contributed by atoms with Crippen LogP contribution in [0.3, 0.4) is 0 Å². The molecule has 2 heterocycles. The van der Waals surface area contributed by atoms with Gasteiger partial charge in [-0.05, 0) is 25.0 Å². The molecular weight excluding hydrogens is 302 g/mol. The molecule has 7 heteroatoms. The fraction of sp³-hybridized carbons (Fsp3) is 0.333. The highest BCUT2D eigenvalue weighted by molar-refractivity contribution is 5.88. The molecule has 1 aromatic carbocycles. The van der Waals surface area contributed by atoms with Gasteiger partial charge in [0.2, 0.25) is 0 Å². The van der Waals surface area contributed by atoms with Crippen molar-refractivity contribution < 1.29 is 4.52 Å². The number of para-hydroxylation sites is 1. The fourth-order valence-corrected chi connectivity index (χ4v) is 2.93. The first-order chi connectivity index (χ1) is 10.3. The molecule has 0 amide bonds. The first kappa shape index (κ1) is 14.9. The predicted molar refractivity (Wildman–Crippen MR) is 84.4 cm³/mol. The Kier molecular flexibility index (Phi) is 3.80. The highest BCUT2D eigenvalue weighted by atomic mass is 35.5. The monoisotopic (exact) mass is 317 g/mol. The summed E-state index contributed by atoms with van der Waals surface area (Å²) < 4.78 is 5.43. The van der Waals surface area contributed by atoms with Gasteiger partial charge in [-0.3, -0.25) is 9.97 Å². The Morgan fingerprint density at radius 2 is 1.86 bits per heavy atom. The first-order valence-corrected chi connectivity index (χ1v) is 7.09. The van der Waals surface area contributed by atoms with Crippen LogP contribution in [0.5, 0.6) is 0 Å². The van der Waals surface area contributed by atoms with Crippen LogP contribution in [0.1, 0.15) is 31.5 Å². The van der Waals surface area contributed by atoms with Crippen molar-refractivity contribution in [1.82, 2.24) is 20.1 Å². The van der Waals surface area contributed by atoms with Gasteiger partial charge in [-0.25, -0.2) is 0 Å². The lowest BCUT2D eigenvalue weighted by atomic mass is 9.98. The summed E-state index contributed by atoms with van der Waals surface area (Å²) in [7, 11) is 0. The third-order valence-corrected chi connectivity index (χ3v) is 4.10. The van der Waals surface area contributed by atoms with E-state index in [1.165, 1.54) is 0 Å². The minimum absolute atomic E-state index is 0. The Labute approximate surface area is 133 Å². The second-order valence-electron chi connectivity index (χ2n) is 5.52. The molecule has 0 bridgehead atoms. The largest absolute Gasteiger partial charge is 0.334 e. The molecule has 0 atom stereocenters. The molecule has 3 aromatic rings. The zero-order chi connectivity index (χ0) is 14.3. The van der Waals surface area contributed by atoms with Crippen LogP contribution in [-0.2, 0) is 5.54 Å². The van der Waals surface area contributed by atoms with Crippen molar-refractivity contribution in [3.8, 4) is 11.5 Å². The van der Waals surface area contributed by atoms with E-state index >= 15 is 0 Å². The Bertz CT molecular complexity index is 792. The molecule has 1 fully saturated rings. The van der Waals surface area contributed by atoms with Gasteiger partial charge in [-0.2, -0.15) is 4.98 Å². The summed E-state index contributed by atoms with van der Waals surface area (Å²) in [6, 6.07) is 5.72. The van der Waals surface area contributed by atoms with E-state index in [0.29, 0.717) is 11.7 Å². The van der Waals surface area contributed by atoms with Crippen LogP contribution in [0.4, 0.5) is 0 Å². The molecule has 2 aromatic heterocycles. The summed E-state index contributed by atoms with van der Waals surface area (Å²) in [4.78, 5) is 13.2. The van der Waals surface area contributed by atoms with E-state index < -0.39 is 5.54 Å². The average Bonchev–Trinajstić information content (AvgIpc) is 3.16. The summed E-state index contributed by atoms with van der Waals surface area (Å²) in [6.07, 6.45) is 7.35. The molecule has 0 spiro atoms. The van der Waals surface area contributed by atoms with E-state index in [1.807, 2.05) is 18.2 Å². The summed E-state index contributed by atoms with van der Waals surface area (Å²) in [5, 5.41) is 4.09. The van der Waals surface area contributed by atoms with E-state index in [2.05, 4.69) is 20.1 Å². The minimum Gasteiger partial charge on any atom is -0.334 e. The van der Waals surface area contributed by atoms with E-state index in [4.69, 9.17) is 10.3 Å². The molecule has 0 unspecified atom stereocenters. The first-order valence-electron chi connectivity index (χ1n) is 7.09. The van der Waals surface area contributed by atoms with Gasteiger partial charge in [0.05, 0.1) is 16.6 Å². The maximum absolute atomic E-state index is 6.37. The molecule has 6 nitrogen and oxygen atoms in total. The number of aromatic nitrogens is 4. The Balaban J connectivity index is 0.00000144. The van der Waals surface area contributed by atoms with Gasteiger partial charge in [0.1, 0.15) is 5.52 Å². The van der Waals surface area contributed by atoms with Gasteiger partial charge < -0.3 is 10.3 Å². The van der Waals surface area contributed by atoms with Crippen LogP contribution >= 0.6 is 12.4 Å². The zero-order valence-electron chi connectivity index (χ0n) is 11.9. The maximum Gasteiger partial charge on any atom is 0.260 e.